The Bertz CT molecular complexity index is 1320. The van der Waals surface area contributed by atoms with Gasteiger partial charge in [0.25, 0.3) is 5.91 Å². The van der Waals surface area contributed by atoms with Crippen LogP contribution in [-0.2, 0) is 14.3 Å². The van der Waals surface area contributed by atoms with Gasteiger partial charge in [0, 0.05) is 7.05 Å². The second kappa shape index (κ2) is 18.0. The topological polar surface area (TPSA) is 103 Å². The van der Waals surface area contributed by atoms with Gasteiger partial charge in [-0.1, -0.05) is 108 Å². The van der Waals surface area contributed by atoms with Crippen molar-refractivity contribution in [1.82, 2.24) is 9.99 Å². The number of hydrogen-bond acceptors (Lipinski definition) is 6. The normalized spacial score (nSPS) is 14.3. The van der Waals surface area contributed by atoms with Crippen LogP contribution in [0.4, 0.5) is 5.69 Å². The monoisotopic (exact) mass is 604 g/mol. The van der Waals surface area contributed by atoms with Crippen molar-refractivity contribution in [2.45, 2.75) is 104 Å². The van der Waals surface area contributed by atoms with Gasteiger partial charge in [-0.25, -0.2) is 14.3 Å². The molecule has 0 bridgehead atoms. The van der Waals surface area contributed by atoms with E-state index in [0.29, 0.717) is 11.3 Å². The number of rotatable bonds is 19. The lowest BCUT2D eigenvalue weighted by Crippen LogP contribution is -2.25. The number of carbonyl (C=O) groups is 3. The quantitative estimate of drug-likeness (QED) is 0.100. The van der Waals surface area contributed by atoms with E-state index in [1.54, 1.807) is 19.1 Å². The molecule has 0 fully saturated rings. The molecule has 9 heteroatoms. The first kappa shape index (κ1) is 34.6. The molecule has 1 aliphatic heterocycles. The number of hydrogen-bond donors (Lipinski definition) is 1. The van der Waals surface area contributed by atoms with Gasteiger partial charge in [0.15, 0.2) is 0 Å². The summed E-state index contributed by atoms with van der Waals surface area (Å²) in [6.07, 6.45) is 13.6. The van der Waals surface area contributed by atoms with Crippen molar-refractivity contribution >= 4 is 29.2 Å². The van der Waals surface area contributed by atoms with Crippen LogP contribution < -0.4 is 5.32 Å². The summed E-state index contributed by atoms with van der Waals surface area (Å²) in [5.74, 6) is -2.84. The molecule has 238 valence electrons. The summed E-state index contributed by atoms with van der Waals surface area (Å²) in [4.78, 5) is 44.0. The number of esters is 2. The zero-order chi connectivity index (χ0) is 31.9. The number of fused-ring (bicyclic) bond motifs is 1. The van der Waals surface area contributed by atoms with Crippen LogP contribution in [0.2, 0.25) is 0 Å². The molecule has 1 aliphatic rings. The molecule has 0 saturated heterocycles. The van der Waals surface area contributed by atoms with Crippen molar-refractivity contribution in [3.05, 3.63) is 64.3 Å². The number of amides is 1. The number of ether oxygens (including phenoxy) is 2. The number of unbranched alkanes of at least 4 members (excludes halogenated alkanes) is 8. The summed E-state index contributed by atoms with van der Waals surface area (Å²) in [5.41, 5.74) is 0.735. The standard InChI is InChI=1S/C35H48N4O5/c1-6-9-11-13-14-17-21-25(20-16-12-10-7-2)24-44-35(42)28-30(36-4)32(33(40)37-5)39-31(28)27(34(41)43-8-3)29(38-39)26-22-18-15-19-23-26/h15,18-19,22-23,25,27H,6-14,16-17,20-21,24H2,1-3,5H3,(H,37,40). The van der Waals surface area contributed by atoms with Gasteiger partial charge in [0.1, 0.15) is 11.6 Å². The van der Waals surface area contributed by atoms with Crippen molar-refractivity contribution < 1.29 is 23.9 Å². The Balaban J connectivity index is 1.95. The van der Waals surface area contributed by atoms with Crippen molar-refractivity contribution in [2.24, 2.45) is 11.0 Å². The summed E-state index contributed by atoms with van der Waals surface area (Å²) in [6.45, 7) is 14.4. The first-order chi connectivity index (χ1) is 21.4. The van der Waals surface area contributed by atoms with Crippen LogP contribution in [-0.4, -0.2) is 48.5 Å². The lowest BCUT2D eigenvalue weighted by Gasteiger charge is -2.18. The highest BCUT2D eigenvalue weighted by Gasteiger charge is 2.45. The maximum atomic E-state index is 13.9. The van der Waals surface area contributed by atoms with Crippen LogP contribution in [0.15, 0.2) is 35.4 Å². The Morgan fingerprint density at radius 1 is 0.932 bits per heavy atom. The van der Waals surface area contributed by atoms with Gasteiger partial charge in [-0.15, -0.1) is 0 Å². The van der Waals surface area contributed by atoms with Gasteiger partial charge >= 0.3 is 11.9 Å². The SMILES string of the molecule is [C-]#[N+]c1c(C(=O)OCC(CCCCCC)CCCCCCCC)c2n(c1C(=O)NC)N=C(c1ccccc1)C2C(=O)OCC. The van der Waals surface area contributed by atoms with Crippen molar-refractivity contribution in [1.29, 1.82) is 0 Å². The summed E-state index contributed by atoms with van der Waals surface area (Å²) in [6, 6.07) is 9.08. The minimum Gasteiger partial charge on any atom is -0.465 e. The second-order valence-electron chi connectivity index (χ2n) is 11.4. The average molecular weight is 605 g/mol. The molecule has 0 radical (unpaired) electrons. The van der Waals surface area contributed by atoms with Crippen LogP contribution in [0.1, 0.15) is 136 Å². The molecule has 2 atom stereocenters. The Morgan fingerprint density at radius 2 is 1.55 bits per heavy atom. The Kier molecular flexibility index (Phi) is 14.1. The lowest BCUT2D eigenvalue weighted by molar-refractivity contribution is -0.143. The molecular formula is C35H48N4O5. The highest BCUT2D eigenvalue weighted by atomic mass is 16.5. The Morgan fingerprint density at radius 3 is 2.14 bits per heavy atom. The third-order valence-corrected chi connectivity index (χ3v) is 8.14. The minimum absolute atomic E-state index is 0.101. The predicted octanol–water partition coefficient (Wildman–Crippen LogP) is 7.81. The van der Waals surface area contributed by atoms with E-state index in [0.717, 1.165) is 44.9 Å². The molecule has 1 aromatic heterocycles. The van der Waals surface area contributed by atoms with Crippen LogP contribution in [0.5, 0.6) is 0 Å². The summed E-state index contributed by atoms with van der Waals surface area (Å²) in [5, 5.41) is 7.18. The number of nitrogens with zero attached hydrogens (tertiary/aromatic N) is 3. The first-order valence-electron chi connectivity index (χ1n) is 16.3. The van der Waals surface area contributed by atoms with Crippen LogP contribution in [0, 0.1) is 12.5 Å². The smallest absolute Gasteiger partial charge is 0.329 e. The molecule has 44 heavy (non-hydrogen) atoms. The fourth-order valence-electron chi connectivity index (χ4n) is 5.80. The second-order valence-corrected chi connectivity index (χ2v) is 11.4. The molecule has 2 unspecified atom stereocenters. The zero-order valence-corrected chi connectivity index (χ0v) is 26.8. The summed E-state index contributed by atoms with van der Waals surface area (Å²) < 4.78 is 12.6. The van der Waals surface area contributed by atoms with Gasteiger partial charge in [-0.05, 0) is 31.2 Å². The van der Waals surface area contributed by atoms with Crippen molar-refractivity contribution in [3.63, 3.8) is 0 Å². The molecule has 2 aromatic rings. The van der Waals surface area contributed by atoms with Crippen molar-refractivity contribution in [2.75, 3.05) is 20.3 Å². The van der Waals surface area contributed by atoms with E-state index in [1.165, 1.54) is 43.8 Å². The molecule has 3 rings (SSSR count). The largest absolute Gasteiger partial charge is 0.465 e. The van der Waals surface area contributed by atoms with E-state index >= 15 is 0 Å². The average Bonchev–Trinajstić information content (AvgIpc) is 3.57. The molecule has 0 aliphatic carbocycles. The lowest BCUT2D eigenvalue weighted by atomic mass is 9.92. The molecule has 0 spiro atoms. The van der Waals surface area contributed by atoms with Crippen molar-refractivity contribution in [3.8, 4) is 0 Å². The van der Waals surface area contributed by atoms with Crippen LogP contribution in [0.25, 0.3) is 4.85 Å². The minimum atomic E-state index is -1.10. The van der Waals surface area contributed by atoms with Gasteiger partial charge < -0.3 is 14.8 Å². The van der Waals surface area contributed by atoms with E-state index < -0.39 is 23.8 Å². The third kappa shape index (κ3) is 8.58. The molecule has 1 amide bonds. The molecular weight excluding hydrogens is 556 g/mol. The van der Waals surface area contributed by atoms with Crippen LogP contribution >= 0.6 is 0 Å². The zero-order valence-electron chi connectivity index (χ0n) is 26.8. The van der Waals surface area contributed by atoms with E-state index in [1.807, 2.05) is 18.2 Å². The molecule has 0 saturated carbocycles. The number of nitrogens with one attached hydrogen (secondary N) is 1. The van der Waals surface area contributed by atoms with E-state index in [-0.39, 0.29) is 41.8 Å². The summed E-state index contributed by atoms with van der Waals surface area (Å²) in [7, 11) is 1.44. The van der Waals surface area contributed by atoms with E-state index in [4.69, 9.17) is 16.0 Å². The maximum Gasteiger partial charge on any atom is 0.329 e. The Labute approximate surface area is 262 Å². The van der Waals surface area contributed by atoms with E-state index in [9.17, 15) is 14.4 Å². The first-order valence-corrected chi connectivity index (χ1v) is 16.3. The Hall–Kier alpha value is -3.93. The maximum absolute atomic E-state index is 13.9. The molecule has 1 aromatic carbocycles. The van der Waals surface area contributed by atoms with Gasteiger partial charge in [0.05, 0.1) is 36.8 Å². The molecule has 2 heterocycles. The number of benzene rings is 1. The molecule has 9 nitrogen and oxygen atoms in total. The fourth-order valence-corrected chi connectivity index (χ4v) is 5.80. The van der Waals surface area contributed by atoms with Gasteiger partial charge in [-0.3, -0.25) is 9.59 Å². The number of carbonyl (C=O) groups excluding carboxylic acids is 3. The predicted molar refractivity (Wildman–Crippen MR) is 172 cm³/mol. The fraction of sp³-hybridized carbons (Fsp3) is 0.571. The highest BCUT2D eigenvalue weighted by molar-refractivity contribution is 6.20. The molecule has 1 N–H and O–H groups in total. The van der Waals surface area contributed by atoms with Gasteiger partial charge in [-0.2, -0.15) is 5.10 Å². The van der Waals surface area contributed by atoms with Crippen LogP contribution in [0.3, 0.4) is 0 Å². The number of aromatic nitrogens is 1. The highest BCUT2D eigenvalue weighted by Crippen LogP contribution is 2.42. The van der Waals surface area contributed by atoms with Gasteiger partial charge in [0.2, 0.25) is 5.69 Å². The summed E-state index contributed by atoms with van der Waals surface area (Å²) >= 11 is 0. The third-order valence-electron chi connectivity index (χ3n) is 8.14. The van der Waals surface area contributed by atoms with E-state index in [2.05, 4.69) is 29.1 Å².